The highest BCUT2D eigenvalue weighted by atomic mass is 16.5. The Balaban J connectivity index is 1.57. The zero-order valence-electron chi connectivity index (χ0n) is 14.2. The second-order valence-corrected chi connectivity index (χ2v) is 6.00. The van der Waals surface area contributed by atoms with Crippen LogP contribution < -0.4 is 15.4 Å². The average molecular weight is 346 g/mol. The second-order valence-electron chi connectivity index (χ2n) is 6.00. The number of piperidine rings is 1. The minimum absolute atomic E-state index is 0.0632. The molecule has 2 fully saturated rings. The number of amides is 5. The van der Waals surface area contributed by atoms with E-state index in [-0.39, 0.29) is 30.6 Å². The van der Waals surface area contributed by atoms with Crippen molar-refractivity contribution in [3.63, 3.8) is 0 Å². The topological polar surface area (TPSA) is 91.0 Å². The smallest absolute Gasteiger partial charge is 0.324 e. The number of imide groups is 1. The van der Waals surface area contributed by atoms with Gasteiger partial charge in [-0.05, 0) is 31.9 Å². The number of benzene rings is 1. The molecule has 2 aliphatic heterocycles. The molecular weight excluding hydrogens is 324 g/mol. The number of nitrogens with zero attached hydrogens (tertiary/aromatic N) is 2. The summed E-state index contributed by atoms with van der Waals surface area (Å²) in [5, 5.41) is 5.40. The first kappa shape index (κ1) is 17.1. The van der Waals surface area contributed by atoms with Crippen molar-refractivity contribution in [2.75, 3.05) is 31.6 Å². The fourth-order valence-electron chi connectivity index (χ4n) is 3.18. The number of nitrogens with one attached hydrogen (secondary N) is 2. The van der Waals surface area contributed by atoms with Crippen LogP contribution in [-0.4, -0.2) is 60.1 Å². The number of hydrogen-bond donors (Lipinski definition) is 2. The molecule has 1 aromatic carbocycles. The summed E-state index contributed by atoms with van der Waals surface area (Å²) in [7, 11) is 0. The molecule has 3 rings (SSSR count). The van der Waals surface area contributed by atoms with E-state index in [1.54, 1.807) is 11.0 Å². The van der Waals surface area contributed by atoms with Gasteiger partial charge in [0.15, 0.2) is 0 Å². The van der Waals surface area contributed by atoms with Gasteiger partial charge in [-0.15, -0.1) is 0 Å². The molecule has 2 aliphatic rings. The molecule has 0 radical (unpaired) electrons. The minimum Gasteiger partial charge on any atom is -0.492 e. The number of carbonyl (C=O) groups excluding carboxylic acids is 3. The number of rotatable bonds is 4. The van der Waals surface area contributed by atoms with Crippen molar-refractivity contribution in [2.24, 2.45) is 0 Å². The summed E-state index contributed by atoms with van der Waals surface area (Å²) < 4.78 is 5.51. The van der Waals surface area contributed by atoms with Crippen LogP contribution >= 0.6 is 0 Å². The highest BCUT2D eigenvalue weighted by molar-refractivity contribution is 6.02. The Morgan fingerprint density at radius 3 is 2.64 bits per heavy atom. The van der Waals surface area contributed by atoms with Crippen LogP contribution in [0.5, 0.6) is 5.75 Å². The molecule has 0 aliphatic carbocycles. The van der Waals surface area contributed by atoms with E-state index in [0.717, 1.165) is 0 Å². The highest BCUT2D eigenvalue weighted by Crippen LogP contribution is 2.25. The predicted molar refractivity (Wildman–Crippen MR) is 91.5 cm³/mol. The van der Waals surface area contributed by atoms with E-state index in [0.29, 0.717) is 44.0 Å². The van der Waals surface area contributed by atoms with Crippen molar-refractivity contribution in [1.82, 2.24) is 15.1 Å². The maximum Gasteiger partial charge on any atom is 0.324 e. The van der Waals surface area contributed by atoms with Crippen molar-refractivity contribution in [3.8, 4) is 5.75 Å². The predicted octanol–water partition coefficient (Wildman–Crippen LogP) is 1.63. The minimum atomic E-state index is -0.335. The Bertz CT molecular complexity index is 654. The van der Waals surface area contributed by atoms with Crippen LogP contribution in [0.2, 0.25) is 0 Å². The van der Waals surface area contributed by atoms with E-state index in [9.17, 15) is 14.4 Å². The first-order chi connectivity index (χ1) is 12.1. The van der Waals surface area contributed by atoms with Gasteiger partial charge < -0.3 is 20.3 Å². The summed E-state index contributed by atoms with van der Waals surface area (Å²) in [6.45, 7) is 3.45. The molecule has 2 heterocycles. The van der Waals surface area contributed by atoms with Gasteiger partial charge in [0.1, 0.15) is 5.75 Å². The number of anilines is 1. The molecule has 8 nitrogen and oxygen atoms in total. The largest absolute Gasteiger partial charge is 0.492 e. The van der Waals surface area contributed by atoms with Crippen molar-refractivity contribution < 1.29 is 19.1 Å². The van der Waals surface area contributed by atoms with E-state index in [1.165, 1.54) is 4.90 Å². The van der Waals surface area contributed by atoms with E-state index < -0.39 is 0 Å². The van der Waals surface area contributed by atoms with Gasteiger partial charge in [0.25, 0.3) is 0 Å². The van der Waals surface area contributed by atoms with Gasteiger partial charge in [-0.25, -0.2) is 9.59 Å². The number of likely N-dealkylation sites (tertiary alicyclic amines) is 1. The van der Waals surface area contributed by atoms with Crippen LogP contribution in [-0.2, 0) is 4.79 Å². The van der Waals surface area contributed by atoms with Crippen molar-refractivity contribution in [2.45, 2.75) is 25.8 Å². The van der Waals surface area contributed by atoms with Gasteiger partial charge in [-0.1, -0.05) is 12.1 Å². The summed E-state index contributed by atoms with van der Waals surface area (Å²) in [4.78, 5) is 39.0. The lowest BCUT2D eigenvalue weighted by Gasteiger charge is -2.35. The lowest BCUT2D eigenvalue weighted by molar-refractivity contribution is -0.127. The average Bonchev–Trinajstić information content (AvgIpc) is 2.95. The van der Waals surface area contributed by atoms with E-state index in [1.807, 2.05) is 25.1 Å². The van der Waals surface area contributed by atoms with Crippen molar-refractivity contribution in [3.05, 3.63) is 24.3 Å². The van der Waals surface area contributed by atoms with Gasteiger partial charge in [0.05, 0.1) is 18.8 Å². The fourth-order valence-corrected chi connectivity index (χ4v) is 3.18. The molecule has 0 spiro atoms. The van der Waals surface area contributed by atoms with Gasteiger partial charge >= 0.3 is 12.1 Å². The normalized spacial score (nSPS) is 18.3. The molecule has 0 saturated carbocycles. The van der Waals surface area contributed by atoms with Crippen molar-refractivity contribution in [1.29, 1.82) is 0 Å². The SMILES string of the molecule is CCOc1ccccc1NC(=O)N1CCC(N2C(=O)CNC2=O)CC1. The molecule has 1 aromatic rings. The fraction of sp³-hybridized carbons (Fsp3) is 0.471. The summed E-state index contributed by atoms with van der Waals surface area (Å²) in [5.41, 5.74) is 0.630. The van der Waals surface area contributed by atoms with Crippen LogP contribution in [0.4, 0.5) is 15.3 Å². The maximum atomic E-state index is 12.5. The van der Waals surface area contributed by atoms with E-state index in [2.05, 4.69) is 10.6 Å². The van der Waals surface area contributed by atoms with Crippen LogP contribution in [0, 0.1) is 0 Å². The highest BCUT2D eigenvalue weighted by Gasteiger charge is 2.37. The molecular formula is C17H22N4O4. The summed E-state index contributed by atoms with van der Waals surface area (Å²) in [6.07, 6.45) is 1.17. The number of hydrogen-bond acceptors (Lipinski definition) is 4. The summed E-state index contributed by atoms with van der Waals surface area (Å²) in [5.74, 6) is 0.436. The first-order valence-electron chi connectivity index (χ1n) is 8.47. The molecule has 5 amide bonds. The summed E-state index contributed by atoms with van der Waals surface area (Å²) in [6, 6.07) is 6.61. The Morgan fingerprint density at radius 1 is 1.28 bits per heavy atom. The molecule has 8 heteroatoms. The van der Waals surface area contributed by atoms with Crippen LogP contribution in [0.25, 0.3) is 0 Å². The second kappa shape index (κ2) is 7.42. The Kier molecular flexibility index (Phi) is 5.06. The third kappa shape index (κ3) is 3.67. The molecule has 2 N–H and O–H groups in total. The third-order valence-corrected chi connectivity index (χ3v) is 4.42. The number of carbonyl (C=O) groups is 3. The van der Waals surface area contributed by atoms with E-state index in [4.69, 9.17) is 4.74 Å². The van der Waals surface area contributed by atoms with Crippen LogP contribution in [0.3, 0.4) is 0 Å². The van der Waals surface area contributed by atoms with Crippen molar-refractivity contribution >= 4 is 23.7 Å². The Morgan fingerprint density at radius 2 is 2.00 bits per heavy atom. The van der Waals surface area contributed by atoms with Gasteiger partial charge in [-0.2, -0.15) is 0 Å². The summed E-state index contributed by atoms with van der Waals surface area (Å²) >= 11 is 0. The van der Waals surface area contributed by atoms with E-state index >= 15 is 0 Å². The van der Waals surface area contributed by atoms with Gasteiger partial charge in [-0.3, -0.25) is 9.69 Å². The third-order valence-electron chi connectivity index (χ3n) is 4.42. The molecule has 0 bridgehead atoms. The monoisotopic (exact) mass is 346 g/mol. The molecule has 0 unspecified atom stereocenters. The van der Waals surface area contributed by atoms with Gasteiger partial charge in [0.2, 0.25) is 5.91 Å². The molecule has 0 atom stereocenters. The van der Waals surface area contributed by atoms with Crippen LogP contribution in [0.1, 0.15) is 19.8 Å². The van der Waals surface area contributed by atoms with Crippen LogP contribution in [0.15, 0.2) is 24.3 Å². The number of ether oxygens (including phenoxy) is 1. The Hall–Kier alpha value is -2.77. The quantitative estimate of drug-likeness (QED) is 0.811. The molecule has 2 saturated heterocycles. The lowest BCUT2D eigenvalue weighted by Crippen LogP contribution is -2.49. The Labute approximate surface area is 146 Å². The molecule has 0 aromatic heterocycles. The number of urea groups is 2. The zero-order valence-corrected chi connectivity index (χ0v) is 14.2. The standard InChI is InChI=1S/C17H22N4O4/c1-2-25-14-6-4-3-5-13(14)19-17(24)20-9-7-12(8-10-20)21-15(22)11-18-16(21)23/h3-6,12H,2,7-11H2,1H3,(H,18,23)(H,19,24). The number of para-hydroxylation sites is 2. The lowest BCUT2D eigenvalue weighted by atomic mass is 10.0. The molecule has 25 heavy (non-hydrogen) atoms. The first-order valence-corrected chi connectivity index (χ1v) is 8.47. The zero-order chi connectivity index (χ0) is 17.8. The maximum absolute atomic E-state index is 12.5. The van der Waals surface area contributed by atoms with Gasteiger partial charge in [0, 0.05) is 19.1 Å². The molecule has 134 valence electrons.